The Morgan fingerprint density at radius 2 is 2.21 bits per heavy atom. The highest BCUT2D eigenvalue weighted by molar-refractivity contribution is 9.10. The lowest BCUT2D eigenvalue weighted by molar-refractivity contribution is 0.412. The highest BCUT2D eigenvalue weighted by Crippen LogP contribution is 2.30. The van der Waals surface area contributed by atoms with Crippen molar-refractivity contribution in [3.8, 4) is 0 Å². The Kier molecular flexibility index (Phi) is 3.47. The summed E-state index contributed by atoms with van der Waals surface area (Å²) in [7, 11) is 0. The van der Waals surface area contributed by atoms with Crippen molar-refractivity contribution in [2.75, 3.05) is 6.54 Å². The van der Waals surface area contributed by atoms with Gasteiger partial charge >= 0.3 is 0 Å². The number of benzene rings is 1. The summed E-state index contributed by atoms with van der Waals surface area (Å²) in [5, 5.41) is 4.36. The molecule has 76 valence electrons. The Morgan fingerprint density at radius 3 is 2.86 bits per heavy atom. The quantitative estimate of drug-likeness (QED) is 0.818. The van der Waals surface area contributed by atoms with Gasteiger partial charge in [0, 0.05) is 15.5 Å². The van der Waals surface area contributed by atoms with E-state index in [2.05, 4.69) is 33.4 Å². The van der Waals surface area contributed by atoms with E-state index in [9.17, 15) is 0 Å². The fourth-order valence-electron chi connectivity index (χ4n) is 1.90. The molecule has 1 atom stereocenters. The first-order valence-electron chi connectivity index (χ1n) is 4.96. The first-order chi connectivity index (χ1) is 6.77. The molecule has 0 spiro atoms. The third-order valence-corrected chi connectivity index (χ3v) is 3.47. The van der Waals surface area contributed by atoms with Crippen molar-refractivity contribution in [3.63, 3.8) is 0 Å². The third kappa shape index (κ3) is 2.30. The van der Waals surface area contributed by atoms with Gasteiger partial charge < -0.3 is 5.32 Å². The highest BCUT2D eigenvalue weighted by atomic mass is 79.9. The molecule has 0 amide bonds. The van der Waals surface area contributed by atoms with Gasteiger partial charge in [0.2, 0.25) is 0 Å². The van der Waals surface area contributed by atoms with Crippen LogP contribution in [0.15, 0.2) is 22.7 Å². The minimum Gasteiger partial charge on any atom is -0.310 e. The molecule has 1 saturated heterocycles. The lowest BCUT2D eigenvalue weighted by Gasteiger charge is -2.24. The average molecular weight is 275 g/mol. The fourth-order valence-corrected chi connectivity index (χ4v) is 2.71. The predicted octanol–water partition coefficient (Wildman–Crippen LogP) is 3.92. The van der Waals surface area contributed by atoms with Gasteiger partial charge in [-0.15, -0.1) is 0 Å². The predicted molar refractivity (Wildman–Crippen MR) is 63.7 cm³/mol. The van der Waals surface area contributed by atoms with E-state index in [1.807, 2.05) is 6.07 Å². The molecule has 1 heterocycles. The fraction of sp³-hybridized carbons (Fsp3) is 0.455. The Bertz CT molecular complexity index is 321. The van der Waals surface area contributed by atoms with Gasteiger partial charge in [0.05, 0.1) is 0 Å². The minimum absolute atomic E-state index is 0.448. The summed E-state index contributed by atoms with van der Waals surface area (Å²) < 4.78 is 1.04. The second-order valence-corrected chi connectivity index (χ2v) is 4.99. The minimum atomic E-state index is 0.448. The Morgan fingerprint density at radius 1 is 1.36 bits per heavy atom. The van der Waals surface area contributed by atoms with Crippen LogP contribution in [0.5, 0.6) is 0 Å². The van der Waals surface area contributed by atoms with Crippen LogP contribution in [0.4, 0.5) is 0 Å². The van der Waals surface area contributed by atoms with Crippen LogP contribution in [0.3, 0.4) is 0 Å². The smallest absolute Gasteiger partial charge is 0.0465 e. The Labute approximate surface area is 98.0 Å². The van der Waals surface area contributed by atoms with E-state index in [4.69, 9.17) is 11.6 Å². The maximum Gasteiger partial charge on any atom is 0.0465 e. The van der Waals surface area contributed by atoms with Crippen molar-refractivity contribution in [2.24, 2.45) is 0 Å². The van der Waals surface area contributed by atoms with E-state index in [-0.39, 0.29) is 0 Å². The molecule has 0 aliphatic carbocycles. The molecule has 0 saturated carbocycles. The van der Waals surface area contributed by atoms with Crippen LogP contribution in [-0.2, 0) is 0 Å². The van der Waals surface area contributed by atoms with Gasteiger partial charge in [-0.3, -0.25) is 0 Å². The van der Waals surface area contributed by atoms with E-state index in [0.29, 0.717) is 6.04 Å². The molecule has 0 radical (unpaired) electrons. The van der Waals surface area contributed by atoms with Crippen molar-refractivity contribution >= 4 is 27.5 Å². The molecule has 1 aliphatic rings. The molecular formula is C11H13BrClN. The number of piperidine rings is 1. The van der Waals surface area contributed by atoms with E-state index >= 15 is 0 Å². The average Bonchev–Trinajstić information content (AvgIpc) is 2.19. The van der Waals surface area contributed by atoms with E-state index < -0.39 is 0 Å². The van der Waals surface area contributed by atoms with Gasteiger partial charge in [0.15, 0.2) is 0 Å². The highest BCUT2D eigenvalue weighted by Gasteiger charge is 2.16. The molecule has 0 bridgehead atoms. The summed E-state index contributed by atoms with van der Waals surface area (Å²) in [5.74, 6) is 0. The summed E-state index contributed by atoms with van der Waals surface area (Å²) in [4.78, 5) is 0. The van der Waals surface area contributed by atoms with Crippen LogP contribution in [0.1, 0.15) is 30.9 Å². The largest absolute Gasteiger partial charge is 0.310 e. The third-order valence-electron chi connectivity index (χ3n) is 2.65. The molecule has 1 nitrogen and oxygen atoms in total. The molecule has 2 rings (SSSR count). The van der Waals surface area contributed by atoms with Gasteiger partial charge in [-0.05, 0) is 37.1 Å². The molecule has 1 aromatic carbocycles. The normalized spacial score (nSPS) is 22.3. The van der Waals surface area contributed by atoms with Gasteiger partial charge in [-0.1, -0.05) is 40.0 Å². The van der Waals surface area contributed by atoms with Crippen molar-refractivity contribution in [2.45, 2.75) is 25.3 Å². The molecular weight excluding hydrogens is 261 g/mol. The summed E-state index contributed by atoms with van der Waals surface area (Å²) in [6, 6.07) is 6.57. The zero-order chi connectivity index (χ0) is 9.97. The summed E-state index contributed by atoms with van der Waals surface area (Å²) in [5.41, 5.74) is 1.23. The number of halogens is 2. The van der Waals surface area contributed by atoms with Gasteiger partial charge in [0.25, 0.3) is 0 Å². The van der Waals surface area contributed by atoms with Crippen molar-refractivity contribution < 1.29 is 0 Å². The number of rotatable bonds is 1. The summed E-state index contributed by atoms with van der Waals surface area (Å²) >= 11 is 9.61. The second kappa shape index (κ2) is 4.65. The first-order valence-corrected chi connectivity index (χ1v) is 6.13. The van der Waals surface area contributed by atoms with Crippen LogP contribution < -0.4 is 5.32 Å². The molecule has 1 N–H and O–H groups in total. The van der Waals surface area contributed by atoms with Crippen molar-refractivity contribution in [1.29, 1.82) is 0 Å². The molecule has 0 aromatic heterocycles. The zero-order valence-corrected chi connectivity index (χ0v) is 10.2. The Balaban J connectivity index is 2.22. The topological polar surface area (TPSA) is 12.0 Å². The lowest BCUT2D eigenvalue weighted by Crippen LogP contribution is -2.26. The monoisotopic (exact) mass is 273 g/mol. The van der Waals surface area contributed by atoms with E-state index in [1.54, 1.807) is 0 Å². The molecule has 3 heteroatoms. The van der Waals surface area contributed by atoms with Crippen LogP contribution in [-0.4, -0.2) is 6.54 Å². The number of hydrogen-bond acceptors (Lipinski definition) is 1. The molecule has 1 aliphatic heterocycles. The van der Waals surface area contributed by atoms with Crippen LogP contribution >= 0.6 is 27.5 Å². The van der Waals surface area contributed by atoms with E-state index in [0.717, 1.165) is 16.0 Å². The van der Waals surface area contributed by atoms with E-state index in [1.165, 1.54) is 24.8 Å². The van der Waals surface area contributed by atoms with Gasteiger partial charge in [-0.25, -0.2) is 0 Å². The molecule has 1 fully saturated rings. The summed E-state index contributed by atoms with van der Waals surface area (Å²) in [6.07, 6.45) is 3.77. The van der Waals surface area contributed by atoms with Gasteiger partial charge in [-0.2, -0.15) is 0 Å². The maximum atomic E-state index is 6.19. The van der Waals surface area contributed by atoms with Gasteiger partial charge in [0.1, 0.15) is 0 Å². The second-order valence-electron chi connectivity index (χ2n) is 3.67. The van der Waals surface area contributed by atoms with Crippen molar-refractivity contribution in [1.82, 2.24) is 5.32 Å². The maximum absolute atomic E-state index is 6.19. The SMILES string of the molecule is Clc1cc(Br)ccc1[C@@H]1CCCCN1. The van der Waals surface area contributed by atoms with Crippen LogP contribution in [0.25, 0.3) is 0 Å². The van der Waals surface area contributed by atoms with Crippen molar-refractivity contribution in [3.05, 3.63) is 33.3 Å². The molecule has 1 aromatic rings. The first kappa shape index (κ1) is 10.5. The Hall–Kier alpha value is -0.0500. The summed E-state index contributed by atoms with van der Waals surface area (Å²) in [6.45, 7) is 1.11. The standard InChI is InChI=1S/C11H13BrClN/c12-8-4-5-9(10(13)7-8)11-3-1-2-6-14-11/h4-5,7,11,14H,1-3,6H2/t11-/m0/s1. The zero-order valence-electron chi connectivity index (χ0n) is 7.89. The van der Waals surface area contributed by atoms with Crippen LogP contribution in [0, 0.1) is 0 Å². The lowest BCUT2D eigenvalue weighted by atomic mass is 9.98. The number of nitrogens with one attached hydrogen (secondary N) is 1. The molecule has 14 heavy (non-hydrogen) atoms. The van der Waals surface area contributed by atoms with Crippen LogP contribution in [0.2, 0.25) is 5.02 Å². The number of hydrogen-bond donors (Lipinski definition) is 1. The molecule has 0 unspecified atom stereocenters.